The topological polar surface area (TPSA) is 41.6 Å². The number of hydrogen-bond donors (Lipinski definition) is 1. The number of carbonyl (C=O) groups excluding carboxylic acids is 1. The zero-order valence-corrected chi connectivity index (χ0v) is 13.4. The first kappa shape index (κ1) is 18.4. The fraction of sp³-hybridized carbons (Fsp3) is 0.933. The highest BCUT2D eigenvalue weighted by Gasteiger charge is 2.32. The van der Waals surface area contributed by atoms with Gasteiger partial charge in [0.2, 0.25) is 0 Å². The van der Waals surface area contributed by atoms with E-state index >= 15 is 0 Å². The summed E-state index contributed by atoms with van der Waals surface area (Å²) in [4.78, 5) is 14.2. The fourth-order valence-electron chi connectivity index (χ4n) is 2.32. The maximum absolute atomic E-state index is 11.8. The molecule has 0 saturated heterocycles. The highest BCUT2D eigenvalue weighted by Crippen LogP contribution is 2.14. The predicted molar refractivity (Wildman–Crippen MR) is 80.4 cm³/mol. The molecule has 0 amide bonds. The molecule has 0 aliphatic carbocycles. The van der Waals surface area contributed by atoms with E-state index in [2.05, 4.69) is 24.2 Å². The number of rotatable bonds is 11. The average Bonchev–Trinajstić information content (AvgIpc) is 2.38. The molecule has 0 fully saturated rings. The second-order valence-corrected chi connectivity index (χ2v) is 5.47. The summed E-state index contributed by atoms with van der Waals surface area (Å²) in [7, 11) is 3.60. The first-order chi connectivity index (χ1) is 9.00. The lowest BCUT2D eigenvalue weighted by Gasteiger charge is -2.28. The third kappa shape index (κ3) is 7.53. The van der Waals surface area contributed by atoms with Gasteiger partial charge in [0.05, 0.1) is 7.11 Å². The molecule has 0 aliphatic heterocycles. The lowest BCUT2D eigenvalue weighted by Crippen LogP contribution is -2.50. The third-order valence-electron chi connectivity index (χ3n) is 3.56. The third-order valence-corrected chi connectivity index (χ3v) is 3.56. The Balaban J connectivity index is 4.02. The van der Waals surface area contributed by atoms with Crippen molar-refractivity contribution in [2.24, 2.45) is 0 Å². The van der Waals surface area contributed by atoms with E-state index in [0.717, 1.165) is 32.5 Å². The number of ether oxygens (including phenoxy) is 1. The van der Waals surface area contributed by atoms with E-state index in [9.17, 15) is 4.79 Å². The number of nitrogens with zero attached hydrogens (tertiary/aromatic N) is 1. The number of nitrogens with one attached hydrogen (secondary N) is 1. The van der Waals surface area contributed by atoms with Gasteiger partial charge in [0.1, 0.15) is 5.54 Å². The van der Waals surface area contributed by atoms with Crippen LogP contribution in [-0.2, 0) is 9.53 Å². The monoisotopic (exact) mass is 272 g/mol. The summed E-state index contributed by atoms with van der Waals surface area (Å²) in [6, 6.07) is 0. The van der Waals surface area contributed by atoms with E-state index in [4.69, 9.17) is 4.74 Å². The van der Waals surface area contributed by atoms with Crippen molar-refractivity contribution in [2.75, 3.05) is 33.8 Å². The van der Waals surface area contributed by atoms with E-state index in [0.29, 0.717) is 0 Å². The molecule has 0 aromatic rings. The molecule has 0 radical (unpaired) electrons. The summed E-state index contributed by atoms with van der Waals surface area (Å²) < 4.78 is 4.89. The highest BCUT2D eigenvalue weighted by atomic mass is 16.5. The standard InChI is InChI=1S/C15H32N2O2/c1-6-8-9-12-17(4)13-10-11-15(3,16-7-2)14(18)19-5/h16H,6-13H2,1-5H3. The van der Waals surface area contributed by atoms with Crippen LogP contribution in [0.3, 0.4) is 0 Å². The van der Waals surface area contributed by atoms with Gasteiger partial charge in [-0.05, 0) is 52.9 Å². The van der Waals surface area contributed by atoms with Crippen molar-refractivity contribution in [3.05, 3.63) is 0 Å². The SMILES string of the molecule is CCCCCN(C)CCCC(C)(NCC)C(=O)OC. The Labute approximate surface area is 118 Å². The zero-order chi connectivity index (χ0) is 14.7. The number of unbranched alkanes of at least 4 members (excludes halogenated alkanes) is 2. The van der Waals surface area contributed by atoms with Crippen molar-refractivity contribution < 1.29 is 9.53 Å². The molecule has 19 heavy (non-hydrogen) atoms. The molecule has 114 valence electrons. The summed E-state index contributed by atoms with van der Waals surface area (Å²) >= 11 is 0. The van der Waals surface area contributed by atoms with Crippen molar-refractivity contribution in [2.45, 2.75) is 58.4 Å². The van der Waals surface area contributed by atoms with Crippen LogP contribution < -0.4 is 5.32 Å². The molecule has 0 aliphatic rings. The van der Waals surface area contributed by atoms with E-state index in [1.54, 1.807) is 0 Å². The van der Waals surface area contributed by atoms with Gasteiger partial charge in [-0.25, -0.2) is 0 Å². The minimum atomic E-state index is -0.548. The molecule has 0 aromatic heterocycles. The Kier molecular flexibility index (Phi) is 9.88. The molecular formula is C15H32N2O2. The molecule has 1 atom stereocenters. The molecule has 0 aromatic carbocycles. The molecule has 1 unspecified atom stereocenters. The van der Waals surface area contributed by atoms with Gasteiger partial charge < -0.3 is 15.0 Å². The van der Waals surface area contributed by atoms with Gasteiger partial charge in [-0.1, -0.05) is 26.7 Å². The number of carbonyl (C=O) groups is 1. The Bertz CT molecular complexity index is 246. The van der Waals surface area contributed by atoms with Crippen LogP contribution in [0.5, 0.6) is 0 Å². The van der Waals surface area contributed by atoms with E-state index < -0.39 is 5.54 Å². The molecule has 1 N–H and O–H groups in total. The number of esters is 1. The second kappa shape index (κ2) is 10.2. The van der Waals surface area contributed by atoms with Crippen LogP contribution in [0.2, 0.25) is 0 Å². The van der Waals surface area contributed by atoms with Crippen molar-refractivity contribution in [3.63, 3.8) is 0 Å². The van der Waals surface area contributed by atoms with Crippen LogP contribution in [0.1, 0.15) is 52.9 Å². The van der Waals surface area contributed by atoms with Crippen LogP contribution in [-0.4, -0.2) is 50.2 Å². The van der Waals surface area contributed by atoms with Gasteiger partial charge in [-0.2, -0.15) is 0 Å². The molecule has 0 rings (SSSR count). The highest BCUT2D eigenvalue weighted by molar-refractivity contribution is 5.80. The molecule has 0 bridgehead atoms. The molecule has 4 heteroatoms. The largest absolute Gasteiger partial charge is 0.468 e. The van der Waals surface area contributed by atoms with Gasteiger partial charge in [-0.15, -0.1) is 0 Å². The maximum Gasteiger partial charge on any atom is 0.325 e. The van der Waals surface area contributed by atoms with Crippen LogP contribution in [0, 0.1) is 0 Å². The lowest BCUT2D eigenvalue weighted by molar-refractivity contribution is -0.148. The summed E-state index contributed by atoms with van der Waals surface area (Å²) in [5.41, 5.74) is -0.548. The Hall–Kier alpha value is -0.610. The second-order valence-electron chi connectivity index (χ2n) is 5.47. The number of hydrogen-bond acceptors (Lipinski definition) is 4. The van der Waals surface area contributed by atoms with E-state index in [1.807, 2.05) is 13.8 Å². The summed E-state index contributed by atoms with van der Waals surface area (Å²) in [6.45, 7) is 9.11. The number of methoxy groups -OCH3 is 1. The fourth-order valence-corrected chi connectivity index (χ4v) is 2.32. The van der Waals surface area contributed by atoms with Crippen LogP contribution in [0.4, 0.5) is 0 Å². The minimum absolute atomic E-state index is 0.164. The van der Waals surface area contributed by atoms with Crippen LogP contribution in [0.25, 0.3) is 0 Å². The smallest absolute Gasteiger partial charge is 0.325 e. The van der Waals surface area contributed by atoms with Crippen molar-refractivity contribution >= 4 is 5.97 Å². The van der Waals surface area contributed by atoms with E-state index in [1.165, 1.54) is 26.4 Å². The average molecular weight is 272 g/mol. The Morgan fingerprint density at radius 3 is 2.37 bits per heavy atom. The summed E-state index contributed by atoms with van der Waals surface area (Å²) in [6.07, 6.45) is 5.62. The van der Waals surface area contributed by atoms with Crippen LogP contribution >= 0.6 is 0 Å². The minimum Gasteiger partial charge on any atom is -0.468 e. The quantitative estimate of drug-likeness (QED) is 0.463. The van der Waals surface area contributed by atoms with Gasteiger partial charge in [0.25, 0.3) is 0 Å². The number of likely N-dealkylation sites (N-methyl/N-ethyl adjacent to an activating group) is 1. The maximum atomic E-state index is 11.8. The predicted octanol–water partition coefficient (Wildman–Crippen LogP) is 2.43. The Morgan fingerprint density at radius 1 is 1.21 bits per heavy atom. The molecule has 4 nitrogen and oxygen atoms in total. The van der Waals surface area contributed by atoms with Crippen molar-refractivity contribution in [1.29, 1.82) is 0 Å². The first-order valence-electron chi connectivity index (χ1n) is 7.52. The van der Waals surface area contributed by atoms with Gasteiger partial charge in [0, 0.05) is 0 Å². The normalized spacial score (nSPS) is 14.4. The summed E-state index contributed by atoms with van der Waals surface area (Å²) in [5.74, 6) is -0.164. The van der Waals surface area contributed by atoms with Gasteiger partial charge in [-0.3, -0.25) is 4.79 Å². The van der Waals surface area contributed by atoms with Gasteiger partial charge >= 0.3 is 5.97 Å². The lowest BCUT2D eigenvalue weighted by atomic mass is 9.95. The Morgan fingerprint density at radius 2 is 1.84 bits per heavy atom. The van der Waals surface area contributed by atoms with Crippen molar-refractivity contribution in [3.8, 4) is 0 Å². The molecule has 0 saturated carbocycles. The van der Waals surface area contributed by atoms with Crippen LogP contribution in [0.15, 0.2) is 0 Å². The van der Waals surface area contributed by atoms with E-state index in [-0.39, 0.29) is 5.97 Å². The molecule has 0 spiro atoms. The van der Waals surface area contributed by atoms with Crippen molar-refractivity contribution in [1.82, 2.24) is 10.2 Å². The van der Waals surface area contributed by atoms with Gasteiger partial charge in [0.15, 0.2) is 0 Å². The zero-order valence-electron chi connectivity index (χ0n) is 13.4. The molecular weight excluding hydrogens is 240 g/mol. The summed E-state index contributed by atoms with van der Waals surface area (Å²) in [5, 5.41) is 3.24. The molecule has 0 heterocycles. The first-order valence-corrected chi connectivity index (χ1v) is 7.52.